The van der Waals surface area contributed by atoms with Crippen LogP contribution in [0.1, 0.15) is 129 Å². The number of phosphoric acid groups is 1. The van der Waals surface area contributed by atoms with Gasteiger partial charge < -0.3 is 18.9 Å². The van der Waals surface area contributed by atoms with Crippen LogP contribution < -0.4 is 0 Å². The van der Waals surface area contributed by atoms with Gasteiger partial charge in [0.25, 0.3) is 0 Å². The summed E-state index contributed by atoms with van der Waals surface area (Å²) in [5.41, 5.74) is 0. The van der Waals surface area contributed by atoms with Gasteiger partial charge in [0.15, 0.2) is 6.10 Å². The van der Waals surface area contributed by atoms with Gasteiger partial charge in [0, 0.05) is 12.8 Å². The number of allylic oxidation sites excluding steroid dienone is 2. The fraction of sp³-hybridized carbons (Fsp3) is 0.875. The van der Waals surface area contributed by atoms with Crippen LogP contribution in [0.4, 0.5) is 0 Å². The van der Waals surface area contributed by atoms with Crippen molar-refractivity contribution in [1.82, 2.24) is 0 Å². The maximum atomic E-state index is 12.5. The van der Waals surface area contributed by atoms with E-state index in [1.165, 1.54) is 32.1 Å². The molecule has 0 aliphatic heterocycles. The zero-order valence-corrected chi connectivity index (χ0v) is 28.4. The molecule has 248 valence electrons. The van der Waals surface area contributed by atoms with E-state index < -0.39 is 26.5 Å². The van der Waals surface area contributed by atoms with Crippen molar-refractivity contribution in [3.8, 4) is 0 Å². The Hall–Kier alpha value is -1.25. The second-order valence-electron chi connectivity index (χ2n) is 12.2. The molecule has 0 radical (unpaired) electrons. The van der Waals surface area contributed by atoms with E-state index in [9.17, 15) is 19.0 Å². The van der Waals surface area contributed by atoms with Crippen molar-refractivity contribution in [2.24, 2.45) is 0 Å². The maximum absolute atomic E-state index is 12.5. The first-order valence-electron chi connectivity index (χ1n) is 16.4. The van der Waals surface area contributed by atoms with Crippen molar-refractivity contribution in [2.45, 2.75) is 136 Å². The lowest BCUT2D eigenvalue weighted by molar-refractivity contribution is -0.870. The maximum Gasteiger partial charge on any atom is 0.472 e. The van der Waals surface area contributed by atoms with Gasteiger partial charge in [0.05, 0.1) is 27.7 Å². The summed E-state index contributed by atoms with van der Waals surface area (Å²) < 4.78 is 33.8. The molecule has 0 aromatic carbocycles. The second-order valence-corrected chi connectivity index (χ2v) is 13.7. The molecule has 0 heterocycles. The van der Waals surface area contributed by atoms with E-state index in [0.717, 1.165) is 64.2 Å². The first kappa shape index (κ1) is 40.8. The number of nitrogens with zero attached hydrogens (tertiary/aromatic N) is 1. The van der Waals surface area contributed by atoms with Crippen LogP contribution >= 0.6 is 7.82 Å². The number of ether oxygens (including phenoxy) is 2. The number of phosphoric ester groups is 1. The minimum atomic E-state index is -4.35. The van der Waals surface area contributed by atoms with Gasteiger partial charge in [-0.15, -0.1) is 0 Å². The predicted molar refractivity (Wildman–Crippen MR) is 169 cm³/mol. The molecule has 0 spiro atoms. The molecule has 10 heteroatoms. The van der Waals surface area contributed by atoms with Crippen LogP contribution in [0.15, 0.2) is 12.2 Å². The third-order valence-electron chi connectivity index (χ3n) is 6.80. The molecule has 1 N–H and O–H groups in total. The number of esters is 2. The Morgan fingerprint density at radius 1 is 0.714 bits per heavy atom. The Balaban J connectivity index is 4.46. The average molecular weight is 621 g/mol. The quantitative estimate of drug-likeness (QED) is 0.0296. The van der Waals surface area contributed by atoms with Crippen molar-refractivity contribution in [2.75, 3.05) is 47.5 Å². The third-order valence-corrected chi connectivity index (χ3v) is 7.78. The molecule has 0 bridgehead atoms. The van der Waals surface area contributed by atoms with E-state index in [-0.39, 0.29) is 32.0 Å². The molecular formula is C32H63NO8P+. The summed E-state index contributed by atoms with van der Waals surface area (Å²) in [6, 6.07) is 0. The van der Waals surface area contributed by atoms with E-state index in [4.69, 9.17) is 18.5 Å². The standard InChI is InChI=1S/C32H62NO8P/c1-6-8-10-12-13-14-15-16-17-18-19-21-23-25-32(35)41-30(28-38-31(34)24-22-20-11-9-7-2)29-40-42(36,37)39-27-26-33(3,4)5/h14-15,30H,6-13,16-29H2,1-5H3/p+1/b15-14-. The average Bonchev–Trinajstić information content (AvgIpc) is 2.91. The molecule has 0 aromatic rings. The monoisotopic (exact) mass is 620 g/mol. The number of hydrogen-bond donors (Lipinski definition) is 1. The summed E-state index contributed by atoms with van der Waals surface area (Å²) in [5, 5.41) is 0. The first-order valence-corrected chi connectivity index (χ1v) is 17.9. The smallest absolute Gasteiger partial charge is 0.462 e. The summed E-state index contributed by atoms with van der Waals surface area (Å²) in [6.45, 7) is 4.27. The normalized spacial score (nSPS) is 14.1. The number of hydrogen-bond acceptors (Lipinski definition) is 7. The van der Waals surface area contributed by atoms with Gasteiger partial charge in [-0.25, -0.2) is 4.57 Å². The number of unbranched alkanes of at least 4 members (excludes halogenated alkanes) is 13. The summed E-state index contributed by atoms with van der Waals surface area (Å²) in [7, 11) is 1.47. The summed E-state index contributed by atoms with van der Waals surface area (Å²) in [6.07, 6.45) is 21.5. The molecule has 9 nitrogen and oxygen atoms in total. The van der Waals surface area contributed by atoms with Crippen molar-refractivity contribution in [1.29, 1.82) is 0 Å². The highest BCUT2D eigenvalue weighted by Crippen LogP contribution is 2.43. The molecule has 42 heavy (non-hydrogen) atoms. The van der Waals surface area contributed by atoms with E-state index in [1.807, 2.05) is 21.1 Å². The van der Waals surface area contributed by atoms with E-state index in [1.54, 1.807) is 0 Å². The van der Waals surface area contributed by atoms with Gasteiger partial charge in [-0.3, -0.25) is 18.6 Å². The highest BCUT2D eigenvalue weighted by atomic mass is 31.2. The SMILES string of the molecule is CCCCCC/C=C\CCCCCCCC(=O)OC(COC(=O)CCCCCCC)COP(=O)(O)OCC[N+](C)(C)C. The molecular weight excluding hydrogens is 557 g/mol. The lowest BCUT2D eigenvalue weighted by Crippen LogP contribution is -2.37. The molecule has 0 saturated carbocycles. The van der Waals surface area contributed by atoms with Crippen LogP contribution in [0, 0.1) is 0 Å². The first-order chi connectivity index (χ1) is 20.0. The minimum absolute atomic E-state index is 0.0318. The number of carbonyl (C=O) groups excluding carboxylic acids is 2. The zero-order valence-electron chi connectivity index (χ0n) is 27.5. The molecule has 0 fully saturated rings. The fourth-order valence-electron chi connectivity index (χ4n) is 4.12. The molecule has 0 saturated heterocycles. The predicted octanol–water partition coefficient (Wildman–Crippen LogP) is 7.90. The van der Waals surface area contributed by atoms with E-state index in [0.29, 0.717) is 17.4 Å². The highest BCUT2D eigenvalue weighted by molar-refractivity contribution is 7.47. The van der Waals surface area contributed by atoms with Crippen LogP contribution in [0.2, 0.25) is 0 Å². The lowest BCUT2D eigenvalue weighted by atomic mass is 10.1. The van der Waals surface area contributed by atoms with Gasteiger partial charge >= 0.3 is 19.8 Å². The van der Waals surface area contributed by atoms with Crippen molar-refractivity contribution in [3.05, 3.63) is 12.2 Å². The summed E-state index contributed by atoms with van der Waals surface area (Å²) in [4.78, 5) is 34.7. The van der Waals surface area contributed by atoms with Gasteiger partial charge in [-0.05, 0) is 38.5 Å². The molecule has 0 aliphatic carbocycles. The zero-order chi connectivity index (χ0) is 31.5. The van der Waals surface area contributed by atoms with Crippen molar-refractivity contribution in [3.63, 3.8) is 0 Å². The Bertz CT molecular complexity index is 753. The largest absolute Gasteiger partial charge is 0.472 e. The summed E-state index contributed by atoms with van der Waals surface area (Å²) in [5.74, 6) is -0.825. The van der Waals surface area contributed by atoms with Crippen LogP contribution in [0.25, 0.3) is 0 Å². The minimum Gasteiger partial charge on any atom is -0.462 e. The van der Waals surface area contributed by atoms with Gasteiger partial charge in [-0.1, -0.05) is 90.2 Å². The second kappa shape index (κ2) is 26.2. The molecule has 0 aliphatic rings. The Morgan fingerprint density at radius 2 is 1.21 bits per heavy atom. The Kier molecular flexibility index (Phi) is 25.4. The lowest BCUT2D eigenvalue weighted by Gasteiger charge is -2.24. The van der Waals surface area contributed by atoms with Gasteiger partial charge in [0.1, 0.15) is 19.8 Å². The highest BCUT2D eigenvalue weighted by Gasteiger charge is 2.27. The van der Waals surface area contributed by atoms with Gasteiger partial charge in [0.2, 0.25) is 0 Å². The summed E-state index contributed by atoms with van der Waals surface area (Å²) >= 11 is 0. The Labute approximate surface area is 256 Å². The Morgan fingerprint density at radius 3 is 1.79 bits per heavy atom. The number of rotatable bonds is 29. The number of quaternary nitrogens is 1. The van der Waals surface area contributed by atoms with Crippen LogP contribution in [0.3, 0.4) is 0 Å². The fourth-order valence-corrected chi connectivity index (χ4v) is 4.86. The van der Waals surface area contributed by atoms with Crippen LogP contribution in [-0.2, 0) is 32.7 Å². The molecule has 0 aromatic heterocycles. The number of carbonyl (C=O) groups is 2. The van der Waals surface area contributed by atoms with Crippen LogP contribution in [-0.4, -0.2) is 74.9 Å². The molecule has 2 atom stereocenters. The van der Waals surface area contributed by atoms with Gasteiger partial charge in [-0.2, -0.15) is 0 Å². The molecule has 0 amide bonds. The van der Waals surface area contributed by atoms with Crippen LogP contribution in [0.5, 0.6) is 0 Å². The molecule has 2 unspecified atom stereocenters. The van der Waals surface area contributed by atoms with E-state index in [2.05, 4.69) is 26.0 Å². The van der Waals surface area contributed by atoms with Crippen molar-refractivity contribution < 1.29 is 42.1 Å². The topological polar surface area (TPSA) is 108 Å². The third kappa shape index (κ3) is 28.9. The number of likely N-dealkylation sites (N-methyl/N-ethyl adjacent to an activating group) is 1. The van der Waals surface area contributed by atoms with E-state index >= 15 is 0 Å². The molecule has 0 rings (SSSR count). The van der Waals surface area contributed by atoms with Crippen molar-refractivity contribution >= 4 is 19.8 Å².